The molecule has 0 unspecified atom stereocenters. The molecule has 0 aliphatic carbocycles. The molecule has 3 rings (SSSR count). The van der Waals surface area contributed by atoms with Crippen LogP contribution in [0.2, 0.25) is 5.02 Å². The first-order valence-electron chi connectivity index (χ1n) is 8.40. The monoisotopic (exact) mass is 359 g/mol. The quantitative estimate of drug-likeness (QED) is 0.831. The Morgan fingerprint density at radius 2 is 2.24 bits per heavy atom. The molecule has 2 aromatic rings. The van der Waals surface area contributed by atoms with E-state index in [0.717, 1.165) is 30.0 Å². The van der Waals surface area contributed by atoms with E-state index in [1.165, 1.54) is 0 Å². The Balaban J connectivity index is 1.55. The van der Waals surface area contributed by atoms with Crippen molar-refractivity contribution in [3.8, 4) is 5.75 Å². The molecule has 0 saturated carbocycles. The van der Waals surface area contributed by atoms with Gasteiger partial charge in [-0.2, -0.15) is 0 Å². The number of rotatable bonds is 6. The second kappa shape index (κ2) is 8.32. The van der Waals surface area contributed by atoms with Gasteiger partial charge in [-0.25, -0.2) is 0 Å². The molecule has 6 heteroatoms. The van der Waals surface area contributed by atoms with Gasteiger partial charge in [0.1, 0.15) is 5.75 Å². The van der Waals surface area contributed by atoms with Crippen LogP contribution < -0.4 is 15.4 Å². The molecule has 0 spiro atoms. The first-order chi connectivity index (χ1) is 12.2. The number of ether oxygens (including phenoxy) is 1. The standard InChI is InChI=1S/C19H22ClN3O2/c1-25-15-4-2-3-13(9-15)7-8-22-19(24)17-12-21-11-16(17)18-6-5-14(20)10-23-18/h2-6,9-10,16-17,21H,7-8,11-12H2,1H3,(H,22,24)/t16-,17-/m1/s1. The van der Waals surface area contributed by atoms with Crippen LogP contribution >= 0.6 is 11.6 Å². The number of amides is 1. The number of hydrogen-bond acceptors (Lipinski definition) is 4. The van der Waals surface area contributed by atoms with Gasteiger partial charge < -0.3 is 15.4 Å². The summed E-state index contributed by atoms with van der Waals surface area (Å²) in [4.78, 5) is 17.0. The maximum Gasteiger partial charge on any atom is 0.225 e. The van der Waals surface area contributed by atoms with Crippen molar-refractivity contribution < 1.29 is 9.53 Å². The Morgan fingerprint density at radius 3 is 3.00 bits per heavy atom. The fraction of sp³-hybridized carbons (Fsp3) is 0.368. The second-order valence-corrected chi connectivity index (χ2v) is 6.60. The first kappa shape index (κ1) is 17.7. The van der Waals surface area contributed by atoms with Crippen molar-refractivity contribution in [1.29, 1.82) is 0 Å². The maximum absolute atomic E-state index is 12.6. The smallest absolute Gasteiger partial charge is 0.225 e. The Hall–Kier alpha value is -2.11. The Morgan fingerprint density at radius 1 is 1.36 bits per heavy atom. The number of nitrogens with zero attached hydrogens (tertiary/aromatic N) is 1. The summed E-state index contributed by atoms with van der Waals surface area (Å²) in [7, 11) is 1.65. The molecule has 0 radical (unpaired) electrons. The maximum atomic E-state index is 12.6. The third-order valence-electron chi connectivity index (χ3n) is 4.53. The van der Waals surface area contributed by atoms with Crippen LogP contribution in [0.3, 0.4) is 0 Å². The summed E-state index contributed by atoms with van der Waals surface area (Å²) in [6.07, 6.45) is 2.40. The van der Waals surface area contributed by atoms with Crippen LogP contribution in [0.1, 0.15) is 17.2 Å². The van der Waals surface area contributed by atoms with Crippen LogP contribution in [0.4, 0.5) is 0 Å². The molecular formula is C19H22ClN3O2. The van der Waals surface area contributed by atoms with E-state index in [-0.39, 0.29) is 17.7 Å². The highest BCUT2D eigenvalue weighted by Gasteiger charge is 2.34. The molecule has 1 amide bonds. The van der Waals surface area contributed by atoms with Gasteiger partial charge >= 0.3 is 0 Å². The molecule has 0 bridgehead atoms. The number of carbonyl (C=O) groups excluding carboxylic acids is 1. The summed E-state index contributed by atoms with van der Waals surface area (Å²) >= 11 is 5.90. The summed E-state index contributed by atoms with van der Waals surface area (Å²) in [5.41, 5.74) is 2.04. The van der Waals surface area contributed by atoms with Crippen molar-refractivity contribution in [3.63, 3.8) is 0 Å². The topological polar surface area (TPSA) is 63.2 Å². The van der Waals surface area contributed by atoms with Crippen molar-refractivity contribution in [2.45, 2.75) is 12.3 Å². The van der Waals surface area contributed by atoms with Crippen molar-refractivity contribution in [2.24, 2.45) is 5.92 Å². The number of methoxy groups -OCH3 is 1. The van der Waals surface area contributed by atoms with E-state index in [1.54, 1.807) is 13.3 Å². The predicted molar refractivity (Wildman–Crippen MR) is 98.1 cm³/mol. The summed E-state index contributed by atoms with van der Waals surface area (Å²) < 4.78 is 5.22. The van der Waals surface area contributed by atoms with Gasteiger partial charge in [0.15, 0.2) is 0 Å². The van der Waals surface area contributed by atoms with Crippen molar-refractivity contribution in [3.05, 3.63) is 58.9 Å². The number of aromatic nitrogens is 1. The summed E-state index contributed by atoms with van der Waals surface area (Å²) in [5.74, 6) is 0.861. The number of hydrogen-bond donors (Lipinski definition) is 2. The summed E-state index contributed by atoms with van der Waals surface area (Å²) in [5, 5.41) is 6.94. The third-order valence-corrected chi connectivity index (χ3v) is 4.75. The van der Waals surface area contributed by atoms with Crippen molar-refractivity contribution in [2.75, 3.05) is 26.7 Å². The highest BCUT2D eigenvalue weighted by molar-refractivity contribution is 6.30. The second-order valence-electron chi connectivity index (χ2n) is 6.17. The molecule has 1 aliphatic rings. The van der Waals surface area contributed by atoms with Gasteiger partial charge in [0.25, 0.3) is 0 Å². The van der Waals surface area contributed by atoms with Gasteiger partial charge in [-0.3, -0.25) is 9.78 Å². The van der Waals surface area contributed by atoms with Crippen molar-refractivity contribution in [1.82, 2.24) is 15.6 Å². The largest absolute Gasteiger partial charge is 0.497 e. The Bertz CT molecular complexity index is 721. The highest BCUT2D eigenvalue weighted by atomic mass is 35.5. The lowest BCUT2D eigenvalue weighted by atomic mass is 9.91. The molecule has 1 aromatic carbocycles. The number of nitrogens with one attached hydrogen (secondary N) is 2. The minimum Gasteiger partial charge on any atom is -0.497 e. The highest BCUT2D eigenvalue weighted by Crippen LogP contribution is 2.27. The van der Waals surface area contributed by atoms with Crippen molar-refractivity contribution >= 4 is 17.5 Å². The zero-order valence-corrected chi connectivity index (χ0v) is 14.9. The molecule has 1 aromatic heterocycles. The van der Waals surface area contributed by atoms with Gasteiger partial charge in [0.05, 0.1) is 18.1 Å². The predicted octanol–water partition coefficient (Wildman–Crippen LogP) is 2.41. The van der Waals surface area contributed by atoms with Gasteiger partial charge in [0.2, 0.25) is 5.91 Å². The van der Waals surface area contributed by atoms with E-state index < -0.39 is 0 Å². The van der Waals surface area contributed by atoms with E-state index in [1.807, 2.05) is 36.4 Å². The molecule has 2 heterocycles. The zero-order valence-electron chi connectivity index (χ0n) is 14.2. The van der Waals surface area contributed by atoms with Crippen LogP contribution in [0, 0.1) is 5.92 Å². The Labute approximate surface area is 152 Å². The normalized spacial score (nSPS) is 19.6. The van der Waals surface area contributed by atoms with Crippen LogP contribution in [-0.4, -0.2) is 37.6 Å². The SMILES string of the molecule is COc1cccc(CCNC(=O)[C@@H]2CNC[C@H]2c2ccc(Cl)cn2)c1. The lowest BCUT2D eigenvalue weighted by Gasteiger charge is -2.18. The van der Waals surface area contributed by atoms with Crippen LogP contribution in [0.15, 0.2) is 42.6 Å². The lowest BCUT2D eigenvalue weighted by molar-refractivity contribution is -0.124. The average molecular weight is 360 g/mol. The van der Waals surface area contributed by atoms with E-state index in [9.17, 15) is 4.79 Å². The molecular weight excluding hydrogens is 338 g/mol. The minimum absolute atomic E-state index is 0.0645. The summed E-state index contributed by atoms with van der Waals surface area (Å²) in [6, 6.07) is 11.6. The number of benzene rings is 1. The Kier molecular flexibility index (Phi) is 5.89. The van der Waals surface area contributed by atoms with E-state index in [2.05, 4.69) is 15.6 Å². The molecule has 25 heavy (non-hydrogen) atoms. The molecule has 1 saturated heterocycles. The molecule has 2 N–H and O–H groups in total. The summed E-state index contributed by atoms with van der Waals surface area (Å²) in [6.45, 7) is 2.02. The van der Waals surface area contributed by atoms with Gasteiger partial charge in [-0.1, -0.05) is 23.7 Å². The third kappa shape index (κ3) is 4.50. The van der Waals surface area contributed by atoms with E-state index in [0.29, 0.717) is 18.1 Å². The number of carbonyl (C=O) groups is 1. The molecule has 132 valence electrons. The van der Waals surface area contributed by atoms with Crippen LogP contribution in [0.25, 0.3) is 0 Å². The minimum atomic E-state index is -0.112. The zero-order chi connectivity index (χ0) is 17.6. The fourth-order valence-corrected chi connectivity index (χ4v) is 3.27. The average Bonchev–Trinajstić information content (AvgIpc) is 3.12. The number of pyridine rings is 1. The van der Waals surface area contributed by atoms with Gasteiger partial charge in [-0.15, -0.1) is 0 Å². The van der Waals surface area contributed by atoms with Crippen LogP contribution in [0.5, 0.6) is 5.75 Å². The molecule has 5 nitrogen and oxygen atoms in total. The molecule has 2 atom stereocenters. The van der Waals surface area contributed by atoms with Crippen LogP contribution in [-0.2, 0) is 11.2 Å². The lowest BCUT2D eigenvalue weighted by Crippen LogP contribution is -2.35. The van der Waals surface area contributed by atoms with E-state index in [4.69, 9.17) is 16.3 Å². The van der Waals surface area contributed by atoms with Gasteiger partial charge in [-0.05, 0) is 36.2 Å². The molecule has 1 fully saturated rings. The first-order valence-corrected chi connectivity index (χ1v) is 8.78. The molecule has 1 aliphatic heterocycles. The van der Waals surface area contributed by atoms with E-state index >= 15 is 0 Å². The fourth-order valence-electron chi connectivity index (χ4n) is 3.16. The van der Waals surface area contributed by atoms with Gasteiger partial charge in [0, 0.05) is 37.4 Å². The number of halogens is 1.